The fourth-order valence-electron chi connectivity index (χ4n) is 2.47. The van der Waals surface area contributed by atoms with Crippen LogP contribution in [0.3, 0.4) is 0 Å². The zero-order chi connectivity index (χ0) is 19.8. The molecule has 0 aliphatic carbocycles. The van der Waals surface area contributed by atoms with Crippen molar-refractivity contribution in [3.8, 4) is 17.2 Å². The largest absolute Gasteiger partial charge is 0.504 e. The zero-order valence-electron chi connectivity index (χ0n) is 15.3. The Kier molecular flexibility index (Phi) is 6.25. The Morgan fingerprint density at radius 1 is 1.14 bits per heavy atom. The predicted octanol–water partition coefficient (Wildman–Crippen LogP) is 4.03. The van der Waals surface area contributed by atoms with Crippen molar-refractivity contribution in [2.24, 2.45) is 0 Å². The number of aromatic nitrogens is 1. The van der Waals surface area contributed by atoms with Gasteiger partial charge in [0.2, 0.25) is 5.91 Å². The van der Waals surface area contributed by atoms with E-state index in [0.29, 0.717) is 29.4 Å². The number of carbonyl (C=O) groups is 1. The summed E-state index contributed by atoms with van der Waals surface area (Å²) in [4.78, 5) is 16.4. The number of hydrogen-bond acceptors (Lipinski definition) is 5. The number of carbonyl (C=O) groups excluding carboxylic acids is 1. The number of benzene rings is 2. The number of hydrogen-bond donors (Lipinski definition) is 2. The van der Waals surface area contributed by atoms with Crippen molar-refractivity contribution in [2.45, 2.75) is 6.61 Å². The van der Waals surface area contributed by atoms with Crippen LogP contribution in [0.5, 0.6) is 17.2 Å². The summed E-state index contributed by atoms with van der Waals surface area (Å²) in [5, 5.41) is 12.6. The molecule has 6 nitrogen and oxygen atoms in total. The van der Waals surface area contributed by atoms with Crippen LogP contribution in [-0.4, -0.2) is 23.1 Å². The van der Waals surface area contributed by atoms with Crippen molar-refractivity contribution in [2.75, 3.05) is 12.4 Å². The van der Waals surface area contributed by atoms with Crippen LogP contribution in [0.2, 0.25) is 0 Å². The first-order valence-corrected chi connectivity index (χ1v) is 8.63. The van der Waals surface area contributed by atoms with Crippen LogP contribution in [-0.2, 0) is 11.4 Å². The topological polar surface area (TPSA) is 80.7 Å². The second-order valence-electron chi connectivity index (χ2n) is 5.89. The third-order valence-corrected chi connectivity index (χ3v) is 3.84. The number of nitrogens with one attached hydrogen (secondary N) is 1. The van der Waals surface area contributed by atoms with Crippen molar-refractivity contribution in [1.29, 1.82) is 0 Å². The second kappa shape index (κ2) is 9.23. The SMILES string of the molecule is COc1ccc(C=CC(=O)Nc2cccc(OCc3ccccn3)c2)cc1O. The number of rotatable bonds is 7. The summed E-state index contributed by atoms with van der Waals surface area (Å²) in [6.07, 6.45) is 4.71. The van der Waals surface area contributed by atoms with E-state index in [1.807, 2.05) is 24.3 Å². The lowest BCUT2D eigenvalue weighted by Gasteiger charge is -2.08. The van der Waals surface area contributed by atoms with Crippen LogP contribution in [0.1, 0.15) is 11.3 Å². The van der Waals surface area contributed by atoms with Crippen LogP contribution in [0.15, 0.2) is 72.9 Å². The number of phenolic OH excluding ortho intramolecular Hbond substituents is 1. The summed E-state index contributed by atoms with van der Waals surface area (Å²) in [6.45, 7) is 0.346. The Hall–Kier alpha value is -3.80. The molecule has 6 heteroatoms. The number of ether oxygens (including phenoxy) is 2. The Labute approximate surface area is 163 Å². The van der Waals surface area contributed by atoms with E-state index in [9.17, 15) is 9.90 Å². The lowest BCUT2D eigenvalue weighted by atomic mass is 10.2. The molecule has 0 bridgehead atoms. The van der Waals surface area contributed by atoms with Crippen LogP contribution >= 0.6 is 0 Å². The van der Waals surface area contributed by atoms with Gasteiger partial charge in [0.15, 0.2) is 11.5 Å². The van der Waals surface area contributed by atoms with Gasteiger partial charge in [0.25, 0.3) is 0 Å². The van der Waals surface area contributed by atoms with Crippen molar-refractivity contribution in [3.05, 3.63) is 84.2 Å². The Morgan fingerprint density at radius 3 is 2.79 bits per heavy atom. The summed E-state index contributed by atoms with van der Waals surface area (Å²) < 4.78 is 10.7. The van der Waals surface area contributed by atoms with Gasteiger partial charge in [-0.05, 0) is 48.0 Å². The first-order chi connectivity index (χ1) is 13.6. The maximum Gasteiger partial charge on any atom is 0.248 e. The highest BCUT2D eigenvalue weighted by Crippen LogP contribution is 2.26. The quantitative estimate of drug-likeness (QED) is 0.609. The van der Waals surface area contributed by atoms with Gasteiger partial charge >= 0.3 is 0 Å². The van der Waals surface area contributed by atoms with Gasteiger partial charge in [-0.25, -0.2) is 0 Å². The molecule has 0 aliphatic rings. The second-order valence-corrected chi connectivity index (χ2v) is 5.89. The molecule has 0 unspecified atom stereocenters. The summed E-state index contributed by atoms with van der Waals surface area (Å²) >= 11 is 0. The highest BCUT2D eigenvalue weighted by atomic mass is 16.5. The molecule has 1 amide bonds. The zero-order valence-corrected chi connectivity index (χ0v) is 15.3. The smallest absolute Gasteiger partial charge is 0.248 e. The minimum Gasteiger partial charge on any atom is -0.504 e. The predicted molar refractivity (Wildman–Crippen MR) is 107 cm³/mol. The molecule has 3 aromatic rings. The van der Waals surface area contributed by atoms with Crippen molar-refractivity contribution in [3.63, 3.8) is 0 Å². The van der Waals surface area contributed by atoms with Gasteiger partial charge in [0.05, 0.1) is 12.8 Å². The van der Waals surface area contributed by atoms with Crippen LogP contribution < -0.4 is 14.8 Å². The maximum atomic E-state index is 12.1. The van der Waals surface area contributed by atoms with Gasteiger partial charge in [-0.15, -0.1) is 0 Å². The van der Waals surface area contributed by atoms with E-state index in [1.54, 1.807) is 42.6 Å². The van der Waals surface area contributed by atoms with Gasteiger partial charge < -0.3 is 19.9 Å². The molecule has 0 radical (unpaired) electrons. The lowest BCUT2D eigenvalue weighted by molar-refractivity contribution is -0.111. The molecule has 2 aromatic carbocycles. The number of methoxy groups -OCH3 is 1. The number of aromatic hydroxyl groups is 1. The van der Waals surface area contributed by atoms with E-state index in [4.69, 9.17) is 9.47 Å². The molecular formula is C22H20N2O4. The molecular weight excluding hydrogens is 356 g/mol. The first kappa shape index (κ1) is 19.0. The number of phenols is 1. The highest BCUT2D eigenvalue weighted by Gasteiger charge is 2.03. The minimum absolute atomic E-state index is 0.0165. The monoisotopic (exact) mass is 376 g/mol. The number of anilines is 1. The summed E-state index contributed by atoms with van der Waals surface area (Å²) in [6, 6.07) is 17.7. The van der Waals surface area contributed by atoms with E-state index < -0.39 is 0 Å². The van der Waals surface area contributed by atoms with Crippen LogP contribution in [0.25, 0.3) is 6.08 Å². The molecule has 0 fully saturated rings. The van der Waals surface area contributed by atoms with E-state index in [-0.39, 0.29) is 11.7 Å². The van der Waals surface area contributed by atoms with E-state index in [2.05, 4.69) is 10.3 Å². The third-order valence-electron chi connectivity index (χ3n) is 3.84. The highest BCUT2D eigenvalue weighted by molar-refractivity contribution is 6.02. The van der Waals surface area contributed by atoms with Gasteiger partial charge in [-0.3, -0.25) is 9.78 Å². The average molecular weight is 376 g/mol. The normalized spacial score (nSPS) is 10.6. The van der Waals surface area contributed by atoms with Gasteiger partial charge in [0, 0.05) is 24.0 Å². The standard InChI is InChI=1S/C22H20N2O4/c1-27-21-10-8-16(13-20(21)25)9-11-22(26)24-17-6-4-7-19(14-17)28-15-18-5-2-3-12-23-18/h2-14,25H,15H2,1H3,(H,24,26). The first-order valence-electron chi connectivity index (χ1n) is 8.63. The number of pyridine rings is 1. The molecule has 3 rings (SSSR count). The van der Waals surface area contributed by atoms with E-state index in [0.717, 1.165) is 5.69 Å². The Balaban J connectivity index is 1.58. The molecule has 2 N–H and O–H groups in total. The fourth-order valence-corrected chi connectivity index (χ4v) is 2.47. The van der Waals surface area contributed by atoms with Crippen molar-refractivity contribution >= 4 is 17.7 Å². The minimum atomic E-state index is -0.294. The summed E-state index contributed by atoms with van der Waals surface area (Å²) in [5.74, 6) is 0.733. The van der Waals surface area contributed by atoms with Crippen molar-refractivity contribution < 1.29 is 19.4 Å². The number of nitrogens with zero attached hydrogens (tertiary/aromatic N) is 1. The van der Waals surface area contributed by atoms with Crippen LogP contribution in [0, 0.1) is 0 Å². The van der Waals surface area contributed by atoms with Gasteiger partial charge in [0.1, 0.15) is 12.4 Å². The Bertz CT molecular complexity index is 971. The fraction of sp³-hybridized carbons (Fsp3) is 0.0909. The maximum absolute atomic E-state index is 12.1. The van der Waals surface area contributed by atoms with E-state index >= 15 is 0 Å². The van der Waals surface area contributed by atoms with E-state index in [1.165, 1.54) is 19.3 Å². The molecule has 0 aliphatic heterocycles. The Morgan fingerprint density at radius 2 is 2.04 bits per heavy atom. The molecule has 0 spiro atoms. The summed E-state index contributed by atoms with van der Waals surface area (Å²) in [7, 11) is 1.48. The molecule has 0 atom stereocenters. The third kappa shape index (κ3) is 5.35. The van der Waals surface area contributed by atoms with Gasteiger partial charge in [-0.2, -0.15) is 0 Å². The average Bonchev–Trinajstić information content (AvgIpc) is 2.72. The van der Waals surface area contributed by atoms with Crippen molar-refractivity contribution in [1.82, 2.24) is 4.98 Å². The number of amides is 1. The molecule has 0 saturated carbocycles. The molecule has 1 aromatic heterocycles. The van der Waals surface area contributed by atoms with Crippen LogP contribution in [0.4, 0.5) is 5.69 Å². The lowest BCUT2D eigenvalue weighted by Crippen LogP contribution is -2.07. The van der Waals surface area contributed by atoms with Gasteiger partial charge in [-0.1, -0.05) is 18.2 Å². The molecule has 1 heterocycles. The summed E-state index contributed by atoms with van der Waals surface area (Å²) in [5.41, 5.74) is 2.12. The molecule has 0 saturated heterocycles. The molecule has 142 valence electrons. The molecule has 28 heavy (non-hydrogen) atoms.